The minimum absolute atomic E-state index is 0.0332. The Kier molecular flexibility index (Phi) is 5.33. The van der Waals surface area contributed by atoms with Crippen LogP contribution in [0.3, 0.4) is 0 Å². The van der Waals surface area contributed by atoms with Gasteiger partial charge in [0.25, 0.3) is 0 Å². The van der Waals surface area contributed by atoms with Gasteiger partial charge in [-0.25, -0.2) is 4.79 Å². The third kappa shape index (κ3) is 4.12. The monoisotopic (exact) mass is 354 g/mol. The summed E-state index contributed by atoms with van der Waals surface area (Å²) < 4.78 is 17.3. The number of carbonyl (C=O) groups excluding carboxylic acids is 1. The van der Waals surface area contributed by atoms with Crippen LogP contribution in [-0.2, 0) is 14.2 Å². The van der Waals surface area contributed by atoms with Crippen LogP contribution in [0.5, 0.6) is 0 Å². The van der Waals surface area contributed by atoms with Crippen molar-refractivity contribution in [3.05, 3.63) is 0 Å². The summed E-state index contributed by atoms with van der Waals surface area (Å²) in [5.74, 6) is 0.471. The summed E-state index contributed by atoms with van der Waals surface area (Å²) in [6, 6.07) is 0. The molecule has 0 saturated carbocycles. The zero-order valence-corrected chi connectivity index (χ0v) is 16.0. The predicted molar refractivity (Wildman–Crippen MR) is 95.4 cm³/mol. The molecule has 3 aliphatic rings. The van der Waals surface area contributed by atoms with Gasteiger partial charge in [0.1, 0.15) is 5.60 Å². The zero-order chi connectivity index (χ0) is 18.1. The fraction of sp³-hybridized carbons (Fsp3) is 0.947. The quantitative estimate of drug-likeness (QED) is 0.825. The summed E-state index contributed by atoms with van der Waals surface area (Å²) in [5, 5.41) is 0. The molecule has 3 unspecified atom stereocenters. The Hall–Kier alpha value is -0.850. The van der Waals surface area contributed by atoms with Gasteiger partial charge in [0.15, 0.2) is 0 Å². The second-order valence-electron chi connectivity index (χ2n) is 9.10. The van der Waals surface area contributed by atoms with Gasteiger partial charge in [-0.2, -0.15) is 0 Å². The summed E-state index contributed by atoms with van der Waals surface area (Å²) in [7, 11) is 0. The van der Waals surface area contributed by atoms with Gasteiger partial charge in [0, 0.05) is 38.1 Å². The second-order valence-corrected chi connectivity index (χ2v) is 9.10. The third-order valence-electron chi connectivity index (χ3n) is 6.09. The number of amides is 1. The Labute approximate surface area is 151 Å². The number of nitrogens with two attached hydrogens (primary N) is 1. The van der Waals surface area contributed by atoms with Gasteiger partial charge in [-0.05, 0) is 58.9 Å². The molecule has 1 amide bonds. The normalized spacial score (nSPS) is 36.6. The molecule has 0 aromatic carbocycles. The average Bonchev–Trinajstić information content (AvgIpc) is 3.01. The number of piperidine rings is 1. The zero-order valence-electron chi connectivity index (χ0n) is 16.0. The van der Waals surface area contributed by atoms with E-state index in [1.54, 1.807) is 0 Å². The first-order valence-electron chi connectivity index (χ1n) is 9.67. The van der Waals surface area contributed by atoms with Gasteiger partial charge in [0.2, 0.25) is 0 Å². The van der Waals surface area contributed by atoms with E-state index >= 15 is 0 Å². The summed E-state index contributed by atoms with van der Waals surface area (Å²) in [5.41, 5.74) is 5.67. The molecule has 3 heterocycles. The largest absolute Gasteiger partial charge is 0.444 e. The topological polar surface area (TPSA) is 74.0 Å². The van der Waals surface area contributed by atoms with Gasteiger partial charge in [0.05, 0.1) is 12.2 Å². The summed E-state index contributed by atoms with van der Waals surface area (Å²) in [6.07, 6.45) is 4.82. The molecule has 0 aliphatic carbocycles. The Balaban J connectivity index is 1.72. The van der Waals surface area contributed by atoms with Crippen LogP contribution in [-0.4, -0.2) is 61.7 Å². The lowest BCUT2D eigenvalue weighted by Crippen LogP contribution is -2.56. The maximum atomic E-state index is 12.6. The van der Waals surface area contributed by atoms with Crippen molar-refractivity contribution in [2.45, 2.75) is 64.1 Å². The molecule has 0 bridgehead atoms. The van der Waals surface area contributed by atoms with Crippen LogP contribution in [0.4, 0.5) is 4.79 Å². The maximum absolute atomic E-state index is 12.6. The van der Waals surface area contributed by atoms with Crippen LogP contribution in [0.25, 0.3) is 0 Å². The van der Waals surface area contributed by atoms with Crippen LogP contribution in [0, 0.1) is 11.3 Å². The molecule has 3 fully saturated rings. The highest BCUT2D eigenvalue weighted by Crippen LogP contribution is 2.47. The van der Waals surface area contributed by atoms with Crippen LogP contribution >= 0.6 is 0 Å². The molecule has 2 N–H and O–H groups in total. The Morgan fingerprint density at radius 3 is 2.76 bits per heavy atom. The molecule has 0 aromatic heterocycles. The molecule has 1 spiro atoms. The molecule has 0 aromatic rings. The second kappa shape index (κ2) is 7.05. The van der Waals surface area contributed by atoms with Crippen molar-refractivity contribution in [1.82, 2.24) is 4.90 Å². The number of carbonyl (C=O) groups is 1. The predicted octanol–water partition coefficient (Wildman–Crippen LogP) is 2.55. The summed E-state index contributed by atoms with van der Waals surface area (Å²) in [6.45, 7) is 10.0. The minimum Gasteiger partial charge on any atom is -0.444 e. The van der Waals surface area contributed by atoms with Crippen molar-refractivity contribution < 1.29 is 19.0 Å². The van der Waals surface area contributed by atoms with Crippen LogP contribution in [0.15, 0.2) is 0 Å². The summed E-state index contributed by atoms with van der Waals surface area (Å²) in [4.78, 5) is 14.4. The lowest BCUT2D eigenvalue weighted by Gasteiger charge is -2.51. The van der Waals surface area contributed by atoms with E-state index in [9.17, 15) is 4.79 Å². The highest BCUT2D eigenvalue weighted by Gasteiger charge is 2.50. The van der Waals surface area contributed by atoms with E-state index in [2.05, 4.69) is 0 Å². The molecular weight excluding hydrogens is 320 g/mol. The standard InChI is InChI=1S/C19H34N2O4/c1-17(2,3)25-16(22)21-8-4-6-18(12-20,13-21)15-5-9-24-19(11-15)7-10-23-14-19/h15H,4-14,20H2,1-3H3. The van der Waals surface area contributed by atoms with Crippen molar-refractivity contribution in [2.75, 3.05) is 39.5 Å². The van der Waals surface area contributed by atoms with E-state index in [4.69, 9.17) is 19.9 Å². The number of hydrogen-bond acceptors (Lipinski definition) is 5. The van der Waals surface area contributed by atoms with E-state index in [1.807, 2.05) is 25.7 Å². The van der Waals surface area contributed by atoms with Crippen molar-refractivity contribution in [3.63, 3.8) is 0 Å². The first-order valence-corrected chi connectivity index (χ1v) is 9.67. The molecule has 6 nitrogen and oxygen atoms in total. The Morgan fingerprint density at radius 1 is 1.32 bits per heavy atom. The first-order chi connectivity index (χ1) is 11.8. The molecule has 25 heavy (non-hydrogen) atoms. The molecule has 3 saturated heterocycles. The van der Waals surface area contributed by atoms with Crippen LogP contribution in [0.1, 0.15) is 52.9 Å². The fourth-order valence-corrected chi connectivity index (χ4v) is 4.72. The van der Waals surface area contributed by atoms with Crippen LogP contribution < -0.4 is 5.73 Å². The lowest BCUT2D eigenvalue weighted by atomic mass is 9.64. The van der Waals surface area contributed by atoms with E-state index in [0.717, 1.165) is 51.9 Å². The SMILES string of the molecule is CC(C)(C)OC(=O)N1CCCC(CN)(C2CCOC3(CCOC3)C2)C1. The number of ether oxygens (including phenoxy) is 3. The summed E-state index contributed by atoms with van der Waals surface area (Å²) >= 11 is 0. The van der Waals surface area contributed by atoms with Crippen molar-refractivity contribution in [2.24, 2.45) is 17.1 Å². The number of nitrogens with zero attached hydrogens (tertiary/aromatic N) is 1. The third-order valence-corrected chi connectivity index (χ3v) is 6.09. The van der Waals surface area contributed by atoms with Crippen LogP contribution in [0.2, 0.25) is 0 Å². The number of rotatable bonds is 2. The molecule has 144 valence electrons. The Morgan fingerprint density at radius 2 is 2.12 bits per heavy atom. The average molecular weight is 354 g/mol. The van der Waals surface area contributed by atoms with E-state index < -0.39 is 5.60 Å². The van der Waals surface area contributed by atoms with Gasteiger partial charge >= 0.3 is 6.09 Å². The van der Waals surface area contributed by atoms with Gasteiger partial charge in [-0.1, -0.05) is 0 Å². The maximum Gasteiger partial charge on any atom is 0.410 e. The van der Waals surface area contributed by atoms with Crippen molar-refractivity contribution in [3.8, 4) is 0 Å². The lowest BCUT2D eigenvalue weighted by molar-refractivity contribution is -0.127. The van der Waals surface area contributed by atoms with E-state index in [0.29, 0.717) is 25.6 Å². The molecule has 3 aliphatic heterocycles. The van der Waals surface area contributed by atoms with E-state index in [-0.39, 0.29) is 17.1 Å². The number of hydrogen-bond donors (Lipinski definition) is 1. The number of likely N-dealkylation sites (tertiary alicyclic amines) is 1. The molecule has 0 radical (unpaired) electrons. The Bertz CT molecular complexity index is 484. The van der Waals surface area contributed by atoms with Gasteiger partial charge in [-0.3, -0.25) is 0 Å². The molecule has 6 heteroatoms. The van der Waals surface area contributed by atoms with E-state index in [1.165, 1.54) is 0 Å². The highest BCUT2D eigenvalue weighted by molar-refractivity contribution is 5.68. The molecule has 3 atom stereocenters. The smallest absolute Gasteiger partial charge is 0.410 e. The minimum atomic E-state index is -0.468. The van der Waals surface area contributed by atoms with Gasteiger partial charge in [-0.15, -0.1) is 0 Å². The molecule has 3 rings (SSSR count). The van der Waals surface area contributed by atoms with Crippen molar-refractivity contribution in [1.29, 1.82) is 0 Å². The first kappa shape index (κ1) is 18.9. The van der Waals surface area contributed by atoms with Gasteiger partial charge < -0.3 is 24.8 Å². The fourth-order valence-electron chi connectivity index (χ4n) is 4.72. The highest BCUT2D eigenvalue weighted by atomic mass is 16.6. The molecular formula is C19H34N2O4. The van der Waals surface area contributed by atoms with Crippen molar-refractivity contribution >= 4 is 6.09 Å².